The second-order valence-corrected chi connectivity index (χ2v) is 15.6. The number of benzene rings is 10. The molecule has 0 spiro atoms. The number of rotatable bonds is 2. The summed E-state index contributed by atoms with van der Waals surface area (Å²) in [6, 6.07) is 76.6. The molecule has 1 aliphatic rings. The van der Waals surface area contributed by atoms with Crippen LogP contribution in [0, 0.1) is 0 Å². The number of fused-ring (bicyclic) bond motifs is 18. The number of nitrogens with zero attached hydrogens (tertiary/aromatic N) is 2. The van der Waals surface area contributed by atoms with Gasteiger partial charge in [-0.3, -0.25) is 0 Å². The van der Waals surface area contributed by atoms with E-state index in [0.29, 0.717) is 0 Å². The van der Waals surface area contributed by atoms with E-state index in [1.807, 2.05) is 0 Å². The van der Waals surface area contributed by atoms with E-state index < -0.39 is 0 Å². The highest BCUT2D eigenvalue weighted by Crippen LogP contribution is 2.55. The van der Waals surface area contributed by atoms with Gasteiger partial charge in [0, 0.05) is 44.4 Å². The number of para-hydroxylation sites is 2. The third kappa shape index (κ3) is 4.32. The highest BCUT2D eigenvalue weighted by molar-refractivity contribution is 6.18. The Morgan fingerprint density at radius 2 is 0.569 bits per heavy atom. The zero-order valence-electron chi connectivity index (χ0n) is 31.5. The van der Waals surface area contributed by atoms with E-state index in [1.165, 1.54) is 110 Å². The Hall–Kier alpha value is -7.68. The van der Waals surface area contributed by atoms with Gasteiger partial charge in [0.2, 0.25) is 0 Å². The van der Waals surface area contributed by atoms with Crippen LogP contribution in [-0.2, 0) is 0 Å². The van der Waals surface area contributed by atoms with Crippen molar-refractivity contribution < 1.29 is 0 Å². The zero-order chi connectivity index (χ0) is 37.9. The Balaban J connectivity index is 1.18. The van der Waals surface area contributed by atoms with Gasteiger partial charge in [0.05, 0.1) is 22.4 Å². The Morgan fingerprint density at radius 3 is 1.02 bits per heavy atom. The summed E-state index contributed by atoms with van der Waals surface area (Å²) < 4.78 is 5.06. The maximum Gasteiger partial charge on any atom is 0.0625 e. The molecular formula is C56H34N2. The molecule has 13 rings (SSSR count). The van der Waals surface area contributed by atoms with E-state index in [0.717, 1.165) is 11.4 Å². The van der Waals surface area contributed by atoms with Crippen molar-refractivity contribution in [2.24, 2.45) is 0 Å². The second-order valence-electron chi connectivity index (χ2n) is 15.6. The highest BCUT2D eigenvalue weighted by atomic mass is 15.0. The van der Waals surface area contributed by atoms with Crippen molar-refractivity contribution >= 4 is 64.9 Å². The van der Waals surface area contributed by atoms with Gasteiger partial charge in [0.25, 0.3) is 0 Å². The van der Waals surface area contributed by atoms with Crippen LogP contribution < -0.4 is 0 Å². The van der Waals surface area contributed by atoms with Gasteiger partial charge in [-0.05, 0) is 90.6 Å². The summed E-state index contributed by atoms with van der Waals surface area (Å²) in [4.78, 5) is 0. The van der Waals surface area contributed by atoms with Gasteiger partial charge in [-0.2, -0.15) is 0 Å². The van der Waals surface area contributed by atoms with E-state index in [4.69, 9.17) is 0 Å². The molecule has 0 amide bonds. The first-order valence-electron chi connectivity index (χ1n) is 20.1. The van der Waals surface area contributed by atoms with Crippen LogP contribution in [0.1, 0.15) is 0 Å². The Labute approximate surface area is 335 Å². The monoisotopic (exact) mass is 734 g/mol. The molecule has 2 heteroatoms. The normalized spacial score (nSPS) is 12.1. The fraction of sp³-hybridized carbons (Fsp3) is 0. The lowest BCUT2D eigenvalue weighted by Crippen LogP contribution is -2.03. The Morgan fingerprint density at radius 1 is 0.241 bits per heavy atom. The quantitative estimate of drug-likeness (QED) is 0.157. The van der Waals surface area contributed by atoms with E-state index in [9.17, 15) is 0 Å². The summed E-state index contributed by atoms with van der Waals surface area (Å²) in [5.41, 5.74) is 14.5. The average molecular weight is 735 g/mol. The van der Waals surface area contributed by atoms with Crippen molar-refractivity contribution in [3.8, 4) is 56.1 Å². The molecule has 58 heavy (non-hydrogen) atoms. The van der Waals surface area contributed by atoms with Gasteiger partial charge in [-0.25, -0.2) is 0 Å². The standard InChI is InChI=1S/C56H34N2/c1-3-15-41-35(13-1)25-27-37-29-31-39(33-49(37)41)57-51-23-11-9-21-47(51)53-44-18-6-8-20-46(44)56-54(43-17-5-7-19-45(43)55(53)57)48-22-10-12-24-52(48)58(56)40-32-30-38-28-26-36-14-2-4-16-42(36)50(38)34-40/h1-34H. The van der Waals surface area contributed by atoms with Crippen molar-refractivity contribution in [3.05, 3.63) is 206 Å². The van der Waals surface area contributed by atoms with Crippen molar-refractivity contribution in [3.63, 3.8) is 0 Å². The Kier molecular flexibility index (Phi) is 6.47. The van der Waals surface area contributed by atoms with E-state index in [1.54, 1.807) is 0 Å². The number of hydrogen-bond donors (Lipinski definition) is 0. The first-order valence-corrected chi connectivity index (χ1v) is 20.1. The molecule has 2 nitrogen and oxygen atoms in total. The molecular weight excluding hydrogens is 701 g/mol. The van der Waals surface area contributed by atoms with Crippen LogP contribution in [0.25, 0.3) is 121 Å². The molecule has 2 heterocycles. The molecule has 10 aromatic carbocycles. The van der Waals surface area contributed by atoms with Gasteiger partial charge in [0.1, 0.15) is 0 Å². The molecule has 0 fully saturated rings. The molecule has 0 unspecified atom stereocenters. The third-order valence-corrected chi connectivity index (χ3v) is 12.6. The van der Waals surface area contributed by atoms with Crippen molar-refractivity contribution in [2.45, 2.75) is 0 Å². The lowest BCUT2D eigenvalue weighted by molar-refractivity contribution is 1.13. The molecule has 0 bridgehead atoms. The van der Waals surface area contributed by atoms with Gasteiger partial charge in [-0.1, -0.05) is 170 Å². The second kappa shape index (κ2) is 11.9. The van der Waals surface area contributed by atoms with Gasteiger partial charge >= 0.3 is 0 Å². The average Bonchev–Trinajstić information content (AvgIpc) is 3.81. The number of aromatic nitrogens is 2. The minimum absolute atomic E-state index is 1.15. The maximum absolute atomic E-state index is 2.53. The third-order valence-electron chi connectivity index (χ3n) is 12.6. The number of hydrogen-bond acceptors (Lipinski definition) is 0. The molecule has 0 N–H and O–H groups in total. The first kappa shape index (κ1) is 31.5. The summed E-state index contributed by atoms with van der Waals surface area (Å²) in [6.07, 6.45) is 0. The molecule has 0 saturated heterocycles. The SMILES string of the molecule is c1ccc2c(c1)-c1c(n(-c3ccc4ccc5ccccc5c4c3)c3ccccc13)-c1ccccc1-c1c-2n(-c2ccc3ccc4ccccc4c3c2)c2ccccc12. The minimum Gasteiger partial charge on any atom is -0.309 e. The highest BCUT2D eigenvalue weighted by Gasteiger charge is 2.32. The largest absolute Gasteiger partial charge is 0.309 e. The molecule has 2 aromatic heterocycles. The van der Waals surface area contributed by atoms with E-state index >= 15 is 0 Å². The molecule has 268 valence electrons. The van der Waals surface area contributed by atoms with Crippen LogP contribution in [-0.4, -0.2) is 9.13 Å². The molecule has 1 aliphatic carbocycles. The van der Waals surface area contributed by atoms with E-state index in [2.05, 4.69) is 215 Å². The van der Waals surface area contributed by atoms with Crippen molar-refractivity contribution in [1.82, 2.24) is 9.13 Å². The summed E-state index contributed by atoms with van der Waals surface area (Å²) in [5, 5.41) is 12.5. The smallest absolute Gasteiger partial charge is 0.0625 e. The predicted octanol–water partition coefficient (Wildman–Crippen LogP) is 15.2. The topological polar surface area (TPSA) is 9.86 Å². The summed E-state index contributed by atoms with van der Waals surface area (Å²) in [6.45, 7) is 0. The molecule has 0 atom stereocenters. The Bertz CT molecular complexity index is 3440. The van der Waals surface area contributed by atoms with Crippen LogP contribution in [0.4, 0.5) is 0 Å². The van der Waals surface area contributed by atoms with Crippen LogP contribution in [0.2, 0.25) is 0 Å². The first-order chi connectivity index (χ1) is 28.8. The molecule has 0 saturated carbocycles. The lowest BCUT2D eigenvalue weighted by Gasteiger charge is -2.23. The van der Waals surface area contributed by atoms with Gasteiger partial charge < -0.3 is 9.13 Å². The van der Waals surface area contributed by atoms with Crippen molar-refractivity contribution in [1.29, 1.82) is 0 Å². The summed E-state index contributed by atoms with van der Waals surface area (Å²) in [7, 11) is 0. The van der Waals surface area contributed by atoms with Crippen LogP contribution >= 0.6 is 0 Å². The predicted molar refractivity (Wildman–Crippen MR) is 245 cm³/mol. The lowest BCUT2D eigenvalue weighted by atomic mass is 9.84. The minimum atomic E-state index is 1.15. The van der Waals surface area contributed by atoms with Crippen LogP contribution in [0.3, 0.4) is 0 Å². The molecule has 0 radical (unpaired) electrons. The summed E-state index contributed by atoms with van der Waals surface area (Å²) >= 11 is 0. The fourth-order valence-electron chi connectivity index (χ4n) is 10.1. The molecule has 0 aliphatic heterocycles. The summed E-state index contributed by atoms with van der Waals surface area (Å²) in [5.74, 6) is 0. The maximum atomic E-state index is 2.53. The van der Waals surface area contributed by atoms with Crippen LogP contribution in [0.15, 0.2) is 206 Å². The van der Waals surface area contributed by atoms with Gasteiger partial charge in [0.15, 0.2) is 0 Å². The van der Waals surface area contributed by atoms with Crippen LogP contribution in [0.5, 0.6) is 0 Å². The zero-order valence-corrected chi connectivity index (χ0v) is 31.5. The fourth-order valence-corrected chi connectivity index (χ4v) is 10.1. The van der Waals surface area contributed by atoms with E-state index in [-0.39, 0.29) is 0 Å². The molecule has 12 aromatic rings. The van der Waals surface area contributed by atoms with Gasteiger partial charge in [-0.15, -0.1) is 0 Å². The van der Waals surface area contributed by atoms with Crippen molar-refractivity contribution in [2.75, 3.05) is 0 Å².